The summed E-state index contributed by atoms with van der Waals surface area (Å²) in [5, 5.41) is 0.937. The van der Waals surface area contributed by atoms with Crippen molar-refractivity contribution < 1.29 is 0 Å². The summed E-state index contributed by atoms with van der Waals surface area (Å²) in [5.74, 6) is 0. The Hall–Kier alpha value is -0.530. The molecule has 1 aromatic rings. The van der Waals surface area contributed by atoms with Crippen molar-refractivity contribution in [3.05, 3.63) is 33.8 Å². The molecule has 0 radical (unpaired) electrons. The van der Waals surface area contributed by atoms with Crippen LogP contribution in [0.25, 0.3) is 0 Å². The van der Waals surface area contributed by atoms with E-state index in [4.69, 9.17) is 17.3 Å². The van der Waals surface area contributed by atoms with Crippen molar-refractivity contribution in [2.75, 3.05) is 0 Å². The lowest BCUT2D eigenvalue weighted by Crippen LogP contribution is -2.18. The van der Waals surface area contributed by atoms with Crippen LogP contribution in [0.2, 0.25) is 5.02 Å². The average molecular weight is 208 g/mol. The fourth-order valence-electron chi connectivity index (χ4n) is 2.36. The fourth-order valence-corrected chi connectivity index (χ4v) is 2.70. The molecule has 0 unspecified atom stereocenters. The Morgan fingerprint density at radius 3 is 2.71 bits per heavy atom. The lowest BCUT2D eigenvalue weighted by Gasteiger charge is -2.12. The monoisotopic (exact) mass is 207 g/mol. The quantitative estimate of drug-likeness (QED) is 0.753. The molecule has 0 spiro atoms. The Labute approximate surface area is 89.3 Å². The van der Waals surface area contributed by atoms with Gasteiger partial charge in [0.1, 0.15) is 0 Å². The van der Waals surface area contributed by atoms with Crippen LogP contribution < -0.4 is 5.73 Å². The molecule has 1 nitrogen and oxygen atoms in total. The van der Waals surface area contributed by atoms with Crippen molar-refractivity contribution in [3.8, 4) is 0 Å². The van der Waals surface area contributed by atoms with Crippen LogP contribution in [0.1, 0.15) is 36.0 Å². The highest BCUT2D eigenvalue weighted by Crippen LogP contribution is 2.45. The van der Waals surface area contributed by atoms with Gasteiger partial charge in [-0.3, -0.25) is 0 Å². The number of nitrogens with two attached hydrogens (primary N) is 1. The molecule has 0 aromatic heterocycles. The summed E-state index contributed by atoms with van der Waals surface area (Å²) in [7, 11) is 0. The van der Waals surface area contributed by atoms with E-state index >= 15 is 0 Å². The van der Waals surface area contributed by atoms with Gasteiger partial charge in [0.05, 0.1) is 0 Å². The van der Waals surface area contributed by atoms with E-state index in [2.05, 4.69) is 12.1 Å². The molecule has 1 saturated carbocycles. The molecule has 0 saturated heterocycles. The molecule has 1 aromatic carbocycles. The summed E-state index contributed by atoms with van der Waals surface area (Å²) >= 11 is 6.25. The molecular weight excluding hydrogens is 194 g/mol. The molecule has 0 bridgehead atoms. The molecule has 3 rings (SSSR count). The zero-order valence-electron chi connectivity index (χ0n) is 8.15. The zero-order valence-corrected chi connectivity index (χ0v) is 8.90. The van der Waals surface area contributed by atoms with E-state index < -0.39 is 0 Å². The molecule has 2 heteroatoms. The Bertz CT molecular complexity index is 394. The predicted molar refractivity (Wildman–Crippen MR) is 58.6 cm³/mol. The molecule has 74 valence electrons. The molecule has 2 aliphatic rings. The van der Waals surface area contributed by atoms with Gasteiger partial charge in [-0.2, -0.15) is 0 Å². The van der Waals surface area contributed by atoms with Gasteiger partial charge >= 0.3 is 0 Å². The number of fused-ring (bicyclic) bond motifs is 1. The number of rotatable bonds is 1. The van der Waals surface area contributed by atoms with Crippen molar-refractivity contribution in [1.82, 2.24) is 0 Å². The summed E-state index contributed by atoms with van der Waals surface area (Å²) in [5.41, 5.74) is 10.2. The van der Waals surface area contributed by atoms with Crippen molar-refractivity contribution in [1.29, 1.82) is 0 Å². The second-order valence-electron chi connectivity index (χ2n) is 4.61. The first-order valence-corrected chi connectivity index (χ1v) is 5.67. The third-order valence-corrected chi connectivity index (χ3v) is 3.86. The maximum absolute atomic E-state index is 6.25. The number of aryl methyl sites for hydroxylation is 1. The van der Waals surface area contributed by atoms with Crippen molar-refractivity contribution in [3.63, 3.8) is 0 Å². The number of hydrogen-bond donors (Lipinski definition) is 1. The predicted octanol–water partition coefficient (Wildman–Crippen LogP) is 2.78. The van der Waals surface area contributed by atoms with E-state index in [1.165, 1.54) is 29.5 Å². The number of benzene rings is 1. The smallest absolute Gasteiger partial charge is 0.0444 e. The van der Waals surface area contributed by atoms with Crippen molar-refractivity contribution in [2.24, 2.45) is 5.73 Å². The van der Waals surface area contributed by atoms with Crippen LogP contribution in [-0.2, 0) is 18.4 Å². The van der Waals surface area contributed by atoms with Gasteiger partial charge in [0.15, 0.2) is 0 Å². The van der Waals surface area contributed by atoms with E-state index in [1.807, 2.05) is 0 Å². The Morgan fingerprint density at radius 2 is 2.00 bits per heavy atom. The highest BCUT2D eigenvalue weighted by atomic mass is 35.5. The molecule has 2 N–H and O–H groups in total. The SMILES string of the molecule is NC1(c2cc(Cl)c3c(c2)CCC3)CC1. The second-order valence-corrected chi connectivity index (χ2v) is 5.01. The third-order valence-electron chi connectivity index (χ3n) is 3.52. The van der Waals surface area contributed by atoms with Crippen LogP contribution in [0.5, 0.6) is 0 Å². The highest BCUT2D eigenvalue weighted by molar-refractivity contribution is 6.31. The average Bonchev–Trinajstić information content (AvgIpc) is 2.75. The Balaban J connectivity index is 2.12. The van der Waals surface area contributed by atoms with E-state index in [0.29, 0.717) is 0 Å². The van der Waals surface area contributed by atoms with Gasteiger partial charge in [-0.05, 0) is 54.9 Å². The molecule has 0 aliphatic heterocycles. The standard InChI is InChI=1S/C12H14ClN/c13-11-7-9(12(14)4-5-12)6-8-2-1-3-10(8)11/h6-7H,1-5,14H2. The van der Waals surface area contributed by atoms with Crippen LogP contribution in [0.15, 0.2) is 12.1 Å². The minimum atomic E-state index is -0.0404. The topological polar surface area (TPSA) is 26.0 Å². The van der Waals surface area contributed by atoms with Gasteiger partial charge in [-0.25, -0.2) is 0 Å². The van der Waals surface area contributed by atoms with Gasteiger partial charge in [-0.1, -0.05) is 17.7 Å². The number of hydrogen-bond acceptors (Lipinski definition) is 1. The summed E-state index contributed by atoms with van der Waals surface area (Å²) in [4.78, 5) is 0. The molecular formula is C12H14ClN. The van der Waals surface area contributed by atoms with Gasteiger partial charge in [0, 0.05) is 10.6 Å². The maximum Gasteiger partial charge on any atom is 0.0444 e. The van der Waals surface area contributed by atoms with Crippen LogP contribution in [0.4, 0.5) is 0 Å². The first-order chi connectivity index (χ1) is 6.69. The lowest BCUT2D eigenvalue weighted by atomic mass is 10.00. The molecule has 0 atom stereocenters. The second kappa shape index (κ2) is 2.74. The first-order valence-electron chi connectivity index (χ1n) is 5.30. The van der Waals surface area contributed by atoms with Gasteiger partial charge in [0.25, 0.3) is 0 Å². The summed E-state index contributed by atoms with van der Waals surface area (Å²) in [6.07, 6.45) is 5.80. The van der Waals surface area contributed by atoms with E-state index in [9.17, 15) is 0 Å². The maximum atomic E-state index is 6.25. The largest absolute Gasteiger partial charge is 0.321 e. The number of halogens is 1. The third kappa shape index (κ3) is 1.19. The molecule has 1 fully saturated rings. The minimum absolute atomic E-state index is 0.0404. The van der Waals surface area contributed by atoms with Crippen LogP contribution in [0.3, 0.4) is 0 Å². The minimum Gasteiger partial charge on any atom is -0.321 e. The van der Waals surface area contributed by atoms with Crippen LogP contribution in [-0.4, -0.2) is 0 Å². The van der Waals surface area contributed by atoms with Gasteiger partial charge in [0.2, 0.25) is 0 Å². The Kier molecular flexibility index (Phi) is 1.71. The molecule has 14 heavy (non-hydrogen) atoms. The highest BCUT2D eigenvalue weighted by Gasteiger charge is 2.40. The molecule has 0 heterocycles. The summed E-state index contributed by atoms with van der Waals surface area (Å²) in [6, 6.07) is 4.36. The van der Waals surface area contributed by atoms with E-state index in [-0.39, 0.29) is 5.54 Å². The van der Waals surface area contributed by atoms with E-state index in [1.54, 1.807) is 0 Å². The molecule has 0 amide bonds. The Morgan fingerprint density at radius 1 is 1.21 bits per heavy atom. The lowest BCUT2D eigenvalue weighted by molar-refractivity contribution is 0.738. The van der Waals surface area contributed by atoms with Crippen molar-refractivity contribution >= 4 is 11.6 Å². The van der Waals surface area contributed by atoms with Crippen LogP contribution >= 0.6 is 11.6 Å². The van der Waals surface area contributed by atoms with Crippen molar-refractivity contribution in [2.45, 2.75) is 37.6 Å². The molecule has 2 aliphatic carbocycles. The zero-order chi connectivity index (χ0) is 9.76. The first kappa shape index (κ1) is 8.75. The summed E-state index contributed by atoms with van der Waals surface area (Å²) < 4.78 is 0. The summed E-state index contributed by atoms with van der Waals surface area (Å²) in [6.45, 7) is 0. The van der Waals surface area contributed by atoms with Gasteiger partial charge in [-0.15, -0.1) is 0 Å². The van der Waals surface area contributed by atoms with Crippen LogP contribution in [0, 0.1) is 0 Å². The van der Waals surface area contributed by atoms with Gasteiger partial charge < -0.3 is 5.73 Å². The normalized spacial score (nSPS) is 22.1. The van der Waals surface area contributed by atoms with E-state index in [0.717, 1.165) is 24.3 Å². The fraction of sp³-hybridized carbons (Fsp3) is 0.500.